The fraction of sp³-hybridized carbons (Fsp3) is 0.435. The molecule has 0 aromatic heterocycles. The first-order chi connectivity index (χ1) is 14.6. The fourth-order valence-corrected chi connectivity index (χ4v) is 7.96. The number of amides is 2. The predicted molar refractivity (Wildman–Crippen MR) is 112 cm³/mol. The third kappa shape index (κ3) is 2.74. The minimum atomic E-state index is -4.28. The summed E-state index contributed by atoms with van der Waals surface area (Å²) >= 11 is 0. The summed E-state index contributed by atoms with van der Waals surface area (Å²) < 4.78 is 31.4. The molecule has 2 aromatic rings. The maximum atomic E-state index is 13.1. The Morgan fingerprint density at radius 1 is 1.10 bits per heavy atom. The molecule has 7 nitrogen and oxygen atoms in total. The molecule has 1 aliphatic heterocycles. The van der Waals surface area contributed by atoms with Gasteiger partial charge in [0.05, 0.1) is 16.9 Å². The summed E-state index contributed by atoms with van der Waals surface area (Å²) in [6.45, 7) is 4.00. The van der Waals surface area contributed by atoms with E-state index < -0.39 is 27.3 Å². The Morgan fingerprint density at radius 2 is 1.71 bits per heavy atom. The zero-order valence-electron chi connectivity index (χ0n) is 17.3. The first-order valence-electron chi connectivity index (χ1n) is 10.4. The summed E-state index contributed by atoms with van der Waals surface area (Å²) in [6, 6.07) is 10.0. The van der Waals surface area contributed by atoms with E-state index in [-0.39, 0.29) is 34.1 Å². The van der Waals surface area contributed by atoms with Crippen LogP contribution in [-0.2, 0) is 19.2 Å². The molecule has 0 N–H and O–H groups in total. The van der Waals surface area contributed by atoms with Gasteiger partial charge in [0.25, 0.3) is 21.9 Å². The largest absolute Gasteiger partial charge is 0.303 e. The molecule has 3 unspecified atom stereocenters. The standard InChI is InChI=1S/C23H23NO6S/c1-22(2)18-9-10-23(22,11-15(18)12-25)13-31(28,29)30-24-20(26)16-7-3-5-14-6-4-8-17(19(14)16)21(24)27/h3-8,12,15,18H,9-11,13H2,1-2H3. The summed E-state index contributed by atoms with van der Waals surface area (Å²) in [5.41, 5.74) is -0.529. The van der Waals surface area contributed by atoms with Crippen molar-refractivity contribution >= 4 is 39.0 Å². The second kappa shape index (κ2) is 6.46. The summed E-state index contributed by atoms with van der Waals surface area (Å²) in [5, 5.41) is 1.59. The van der Waals surface area contributed by atoms with Gasteiger partial charge in [-0.2, -0.15) is 8.42 Å². The number of hydrogen-bond donors (Lipinski definition) is 0. The average molecular weight is 442 g/mol. The van der Waals surface area contributed by atoms with Gasteiger partial charge in [-0.05, 0) is 53.5 Å². The fourth-order valence-electron chi connectivity index (χ4n) is 6.23. The van der Waals surface area contributed by atoms with E-state index in [9.17, 15) is 22.8 Å². The van der Waals surface area contributed by atoms with E-state index in [0.29, 0.717) is 23.3 Å². The second-order valence-corrected chi connectivity index (χ2v) is 11.1. The zero-order chi connectivity index (χ0) is 22.2. The van der Waals surface area contributed by atoms with Gasteiger partial charge in [-0.15, -0.1) is 9.35 Å². The van der Waals surface area contributed by atoms with Gasteiger partial charge in [-0.3, -0.25) is 9.59 Å². The lowest BCUT2D eigenvalue weighted by molar-refractivity contribution is -0.112. The van der Waals surface area contributed by atoms with Crippen LogP contribution in [0.2, 0.25) is 0 Å². The monoisotopic (exact) mass is 441 g/mol. The molecule has 2 saturated carbocycles. The molecule has 0 radical (unpaired) electrons. The van der Waals surface area contributed by atoms with Crippen LogP contribution in [0.25, 0.3) is 10.8 Å². The average Bonchev–Trinajstić information content (AvgIpc) is 3.09. The molecular weight excluding hydrogens is 418 g/mol. The molecule has 31 heavy (non-hydrogen) atoms. The predicted octanol–water partition coefficient (Wildman–Crippen LogP) is 3.34. The highest BCUT2D eigenvalue weighted by molar-refractivity contribution is 7.86. The number of rotatable bonds is 5. The van der Waals surface area contributed by atoms with Gasteiger partial charge in [0, 0.05) is 11.3 Å². The van der Waals surface area contributed by atoms with Crippen molar-refractivity contribution in [2.24, 2.45) is 22.7 Å². The van der Waals surface area contributed by atoms with Crippen LogP contribution in [0.3, 0.4) is 0 Å². The van der Waals surface area contributed by atoms with Crippen LogP contribution in [0.4, 0.5) is 0 Å². The van der Waals surface area contributed by atoms with Crippen LogP contribution in [0.1, 0.15) is 53.8 Å². The molecule has 5 rings (SSSR count). The molecule has 2 aliphatic carbocycles. The number of imide groups is 1. The maximum absolute atomic E-state index is 13.1. The normalized spacial score (nSPS) is 29.0. The van der Waals surface area contributed by atoms with Crippen molar-refractivity contribution in [2.75, 3.05) is 5.75 Å². The van der Waals surface area contributed by atoms with Crippen molar-refractivity contribution in [3.05, 3.63) is 47.5 Å². The van der Waals surface area contributed by atoms with Crippen molar-refractivity contribution in [2.45, 2.75) is 33.1 Å². The van der Waals surface area contributed by atoms with Gasteiger partial charge in [0.1, 0.15) is 6.29 Å². The highest BCUT2D eigenvalue weighted by atomic mass is 32.2. The first kappa shape index (κ1) is 20.3. The van der Waals surface area contributed by atoms with Gasteiger partial charge in [-0.25, -0.2) is 0 Å². The van der Waals surface area contributed by atoms with E-state index >= 15 is 0 Å². The van der Waals surface area contributed by atoms with E-state index in [1.807, 2.05) is 13.8 Å². The van der Waals surface area contributed by atoms with Crippen LogP contribution in [0.15, 0.2) is 36.4 Å². The van der Waals surface area contributed by atoms with Crippen LogP contribution < -0.4 is 0 Å². The summed E-state index contributed by atoms with van der Waals surface area (Å²) in [6.07, 6.45) is 2.85. The third-order valence-corrected chi connectivity index (χ3v) is 9.20. The van der Waals surface area contributed by atoms with Crippen molar-refractivity contribution in [1.82, 2.24) is 5.06 Å². The summed E-state index contributed by atoms with van der Waals surface area (Å²) in [7, 11) is -4.28. The third-order valence-electron chi connectivity index (χ3n) is 7.92. The Bertz CT molecular complexity index is 1200. The topological polar surface area (TPSA) is 97.8 Å². The van der Waals surface area contributed by atoms with Crippen LogP contribution in [0.5, 0.6) is 0 Å². The molecule has 8 heteroatoms. The molecule has 1 heterocycles. The molecule has 2 bridgehead atoms. The number of hydrogen-bond acceptors (Lipinski definition) is 6. The van der Waals surface area contributed by atoms with Gasteiger partial charge in [0.2, 0.25) is 0 Å². The molecule has 162 valence electrons. The molecule has 3 aliphatic rings. The van der Waals surface area contributed by atoms with E-state index in [0.717, 1.165) is 18.1 Å². The number of nitrogens with zero attached hydrogens (tertiary/aromatic N) is 1. The lowest BCUT2D eigenvalue weighted by Crippen LogP contribution is -2.45. The smallest absolute Gasteiger partial charge is 0.289 e. The van der Waals surface area contributed by atoms with Gasteiger partial charge in [0.15, 0.2) is 0 Å². The lowest BCUT2D eigenvalue weighted by atomic mass is 9.71. The summed E-state index contributed by atoms with van der Waals surface area (Å²) in [4.78, 5) is 37.5. The Morgan fingerprint density at radius 3 is 2.26 bits per heavy atom. The van der Waals surface area contributed by atoms with Crippen LogP contribution in [-0.4, -0.2) is 37.3 Å². The van der Waals surface area contributed by atoms with E-state index in [1.165, 1.54) is 0 Å². The molecule has 2 fully saturated rings. The Balaban J connectivity index is 1.47. The molecule has 0 spiro atoms. The maximum Gasteiger partial charge on any atom is 0.289 e. The van der Waals surface area contributed by atoms with Gasteiger partial charge in [-0.1, -0.05) is 38.1 Å². The molecule has 2 amide bonds. The number of benzene rings is 2. The lowest BCUT2D eigenvalue weighted by Gasteiger charge is -2.37. The van der Waals surface area contributed by atoms with Crippen molar-refractivity contribution in [3.8, 4) is 0 Å². The highest BCUT2D eigenvalue weighted by Crippen LogP contribution is 2.67. The molecule has 2 aromatic carbocycles. The first-order valence-corrected chi connectivity index (χ1v) is 12.0. The number of fused-ring (bicyclic) bond motifs is 2. The minimum absolute atomic E-state index is 0.128. The number of carbonyl (C=O) groups excluding carboxylic acids is 3. The minimum Gasteiger partial charge on any atom is -0.303 e. The van der Waals surface area contributed by atoms with Crippen molar-refractivity contribution in [1.29, 1.82) is 0 Å². The second-order valence-electron chi connectivity index (χ2n) is 9.54. The SMILES string of the molecule is CC1(C)C2CCC1(CS(=O)(=O)ON1C(=O)c3cccc4cccc(c34)C1=O)CC2C=O. The van der Waals surface area contributed by atoms with E-state index in [4.69, 9.17) is 4.28 Å². The Kier molecular flexibility index (Phi) is 4.24. The number of hydroxylamine groups is 2. The van der Waals surface area contributed by atoms with Crippen LogP contribution >= 0.6 is 0 Å². The van der Waals surface area contributed by atoms with Gasteiger partial charge < -0.3 is 4.79 Å². The quantitative estimate of drug-likeness (QED) is 0.521. The summed E-state index contributed by atoms with van der Waals surface area (Å²) in [5.74, 6) is -1.98. The van der Waals surface area contributed by atoms with Crippen LogP contribution in [0, 0.1) is 22.7 Å². The van der Waals surface area contributed by atoms with E-state index in [2.05, 4.69) is 0 Å². The number of carbonyl (C=O) groups is 3. The van der Waals surface area contributed by atoms with E-state index in [1.54, 1.807) is 36.4 Å². The van der Waals surface area contributed by atoms with Gasteiger partial charge >= 0.3 is 0 Å². The molecule has 3 atom stereocenters. The molecule has 0 saturated heterocycles. The molecular formula is C23H23NO6S. The number of aldehydes is 1. The Hall–Kier alpha value is -2.58. The van der Waals surface area contributed by atoms with Crippen molar-refractivity contribution < 1.29 is 27.1 Å². The Labute approximate surface area is 180 Å². The van der Waals surface area contributed by atoms with Crippen molar-refractivity contribution in [3.63, 3.8) is 0 Å². The highest BCUT2D eigenvalue weighted by Gasteiger charge is 2.64. The zero-order valence-corrected chi connectivity index (χ0v) is 18.1.